The summed E-state index contributed by atoms with van der Waals surface area (Å²) in [5.74, 6) is 0.720. The molecular formula is C16H16N2O. The fourth-order valence-corrected chi connectivity index (χ4v) is 4.74. The van der Waals surface area contributed by atoms with E-state index in [-0.39, 0.29) is 11.3 Å². The molecule has 0 radical (unpaired) electrons. The second-order valence-corrected chi connectivity index (χ2v) is 6.44. The zero-order valence-corrected chi connectivity index (χ0v) is 10.9. The number of likely N-dealkylation sites (N-methyl/N-ethyl adjacent to an activating group) is 1. The van der Waals surface area contributed by atoms with E-state index in [1.165, 1.54) is 22.0 Å². The summed E-state index contributed by atoms with van der Waals surface area (Å²) >= 11 is 0. The molecule has 1 saturated carbocycles. The van der Waals surface area contributed by atoms with Gasteiger partial charge in [-0.3, -0.25) is 9.69 Å². The highest BCUT2D eigenvalue weighted by molar-refractivity contribution is 5.95. The number of ketones is 1. The number of benzene rings is 1. The third-order valence-electron chi connectivity index (χ3n) is 5.63. The first-order chi connectivity index (χ1) is 9.22. The normalized spacial score (nSPS) is 36.2. The van der Waals surface area contributed by atoms with Gasteiger partial charge in [0.25, 0.3) is 0 Å². The number of H-pyrrole nitrogens is 1. The van der Waals surface area contributed by atoms with E-state index < -0.39 is 0 Å². The Bertz CT molecular complexity index is 731. The minimum absolute atomic E-state index is 0.124. The van der Waals surface area contributed by atoms with Gasteiger partial charge in [-0.1, -0.05) is 12.1 Å². The first-order valence-corrected chi connectivity index (χ1v) is 7.04. The van der Waals surface area contributed by atoms with Crippen molar-refractivity contribution in [3.63, 3.8) is 0 Å². The quantitative estimate of drug-likeness (QED) is 0.777. The first kappa shape index (κ1) is 10.2. The predicted octanol–water partition coefficient (Wildman–Crippen LogP) is 1.86. The van der Waals surface area contributed by atoms with E-state index in [0.717, 1.165) is 12.8 Å². The van der Waals surface area contributed by atoms with E-state index in [1.54, 1.807) is 0 Å². The van der Waals surface area contributed by atoms with Crippen molar-refractivity contribution in [1.29, 1.82) is 0 Å². The second-order valence-electron chi connectivity index (χ2n) is 6.44. The highest BCUT2D eigenvalue weighted by Crippen LogP contribution is 2.64. The van der Waals surface area contributed by atoms with Gasteiger partial charge in [0, 0.05) is 34.5 Å². The molecule has 3 aliphatic rings. The molecule has 1 saturated heterocycles. The van der Waals surface area contributed by atoms with Crippen molar-refractivity contribution in [2.45, 2.75) is 24.3 Å². The van der Waals surface area contributed by atoms with Crippen LogP contribution in [0.25, 0.3) is 10.9 Å². The topological polar surface area (TPSA) is 36.1 Å². The average molecular weight is 252 g/mol. The van der Waals surface area contributed by atoms with Gasteiger partial charge in [-0.05, 0) is 37.1 Å². The minimum Gasteiger partial charge on any atom is -0.361 e. The van der Waals surface area contributed by atoms with Gasteiger partial charge in [0.15, 0.2) is 5.78 Å². The Morgan fingerprint density at radius 3 is 3.21 bits per heavy atom. The molecule has 3 nitrogen and oxygen atoms in total. The minimum atomic E-state index is 0.124. The fraction of sp³-hybridized carbons (Fsp3) is 0.438. The van der Waals surface area contributed by atoms with E-state index in [0.29, 0.717) is 18.4 Å². The summed E-state index contributed by atoms with van der Waals surface area (Å²) in [7, 11) is 2.11. The Labute approximate surface area is 111 Å². The van der Waals surface area contributed by atoms with Crippen molar-refractivity contribution >= 4 is 16.7 Å². The number of carbonyl (C=O) groups is 1. The summed E-state index contributed by atoms with van der Waals surface area (Å²) in [5.41, 5.74) is 4.20. The van der Waals surface area contributed by atoms with Crippen molar-refractivity contribution in [2.75, 3.05) is 13.6 Å². The number of rotatable bonds is 0. The Hall–Kier alpha value is -1.61. The average Bonchev–Trinajstić information content (AvgIpc) is 3.02. The number of Topliss-reactive ketones (excluding diaryl/α,β-unsaturated/α-hetero) is 1. The van der Waals surface area contributed by atoms with Gasteiger partial charge in [0.1, 0.15) is 0 Å². The molecule has 0 bridgehead atoms. The summed E-state index contributed by atoms with van der Waals surface area (Å²) < 4.78 is 0. The zero-order valence-electron chi connectivity index (χ0n) is 10.9. The van der Waals surface area contributed by atoms with Crippen LogP contribution in [0.1, 0.15) is 17.5 Å². The molecule has 1 aliphatic heterocycles. The van der Waals surface area contributed by atoms with Gasteiger partial charge < -0.3 is 4.98 Å². The predicted molar refractivity (Wildman–Crippen MR) is 73.2 cm³/mol. The number of aromatic nitrogens is 1. The van der Waals surface area contributed by atoms with E-state index in [2.05, 4.69) is 41.3 Å². The van der Waals surface area contributed by atoms with E-state index in [4.69, 9.17) is 0 Å². The van der Waals surface area contributed by atoms with Crippen LogP contribution in [-0.2, 0) is 16.6 Å². The maximum atomic E-state index is 12.2. The highest BCUT2D eigenvalue weighted by atomic mass is 16.1. The van der Waals surface area contributed by atoms with Crippen LogP contribution in [0, 0.1) is 5.92 Å². The molecule has 1 aromatic heterocycles. The maximum Gasteiger partial charge on any atom is 0.150 e. The van der Waals surface area contributed by atoms with E-state index in [9.17, 15) is 4.79 Å². The number of nitrogens with one attached hydrogen (secondary N) is 1. The number of hydrogen-bond donors (Lipinski definition) is 1. The number of aromatic amines is 1. The monoisotopic (exact) mass is 252 g/mol. The van der Waals surface area contributed by atoms with Crippen LogP contribution in [0.2, 0.25) is 0 Å². The molecule has 2 aliphatic carbocycles. The maximum absolute atomic E-state index is 12.2. The van der Waals surface area contributed by atoms with Gasteiger partial charge in [-0.2, -0.15) is 0 Å². The summed E-state index contributed by atoms with van der Waals surface area (Å²) in [5, 5.41) is 1.39. The molecule has 2 heterocycles. The van der Waals surface area contributed by atoms with Gasteiger partial charge >= 0.3 is 0 Å². The summed E-state index contributed by atoms with van der Waals surface area (Å²) in [6, 6.07) is 7.02. The summed E-state index contributed by atoms with van der Waals surface area (Å²) in [6.07, 6.45) is 4.30. The van der Waals surface area contributed by atoms with Crippen LogP contribution in [-0.4, -0.2) is 35.3 Å². The number of hydrogen-bond acceptors (Lipinski definition) is 2. The van der Waals surface area contributed by atoms with Gasteiger partial charge in [0.05, 0.1) is 6.54 Å². The molecule has 0 unspecified atom stereocenters. The lowest BCUT2D eigenvalue weighted by Gasteiger charge is -2.42. The molecule has 96 valence electrons. The lowest BCUT2D eigenvalue weighted by atomic mass is 9.73. The summed E-state index contributed by atoms with van der Waals surface area (Å²) in [6.45, 7) is 0.632. The molecule has 3 atom stereocenters. The molecule has 5 rings (SSSR count). The molecule has 2 fully saturated rings. The Morgan fingerprint density at radius 1 is 1.42 bits per heavy atom. The van der Waals surface area contributed by atoms with Crippen molar-refractivity contribution < 1.29 is 4.79 Å². The molecule has 1 spiro atoms. The lowest BCUT2D eigenvalue weighted by molar-refractivity contribution is -0.124. The molecular weight excluding hydrogens is 236 g/mol. The summed E-state index contributed by atoms with van der Waals surface area (Å²) in [4.78, 5) is 17.9. The van der Waals surface area contributed by atoms with Crippen molar-refractivity contribution in [2.24, 2.45) is 5.92 Å². The lowest BCUT2D eigenvalue weighted by Crippen LogP contribution is -2.52. The van der Waals surface area contributed by atoms with Crippen LogP contribution in [0.15, 0.2) is 24.4 Å². The second kappa shape index (κ2) is 2.93. The van der Waals surface area contributed by atoms with Crippen LogP contribution in [0.3, 0.4) is 0 Å². The molecule has 3 heteroatoms. The third-order valence-corrected chi connectivity index (χ3v) is 5.63. The van der Waals surface area contributed by atoms with Crippen LogP contribution < -0.4 is 0 Å². The first-order valence-electron chi connectivity index (χ1n) is 7.04. The van der Waals surface area contributed by atoms with Crippen LogP contribution >= 0.6 is 0 Å². The van der Waals surface area contributed by atoms with Crippen LogP contribution in [0.5, 0.6) is 0 Å². The Morgan fingerprint density at radius 2 is 2.32 bits per heavy atom. The fourth-order valence-electron chi connectivity index (χ4n) is 4.74. The van der Waals surface area contributed by atoms with Crippen molar-refractivity contribution in [3.05, 3.63) is 35.5 Å². The Balaban J connectivity index is 1.84. The smallest absolute Gasteiger partial charge is 0.150 e. The third kappa shape index (κ3) is 0.995. The number of nitrogens with zero attached hydrogens (tertiary/aromatic N) is 1. The van der Waals surface area contributed by atoms with E-state index >= 15 is 0 Å². The van der Waals surface area contributed by atoms with Gasteiger partial charge in [-0.25, -0.2) is 0 Å². The number of piperidine rings is 1. The zero-order chi connectivity index (χ0) is 12.8. The van der Waals surface area contributed by atoms with Crippen molar-refractivity contribution in [1.82, 2.24) is 9.88 Å². The number of likely N-dealkylation sites (tertiary alicyclic amines) is 1. The molecule has 1 N–H and O–H groups in total. The van der Waals surface area contributed by atoms with E-state index in [1.807, 2.05) is 0 Å². The molecule has 1 aromatic carbocycles. The number of carbonyl (C=O) groups excluding carboxylic acids is 1. The SMILES string of the molecule is CN1CC(=O)[C@@H]2C[C@@]23c2cccc4[nH]cc(c24)C[C@@H]13. The molecule has 2 aromatic rings. The Kier molecular flexibility index (Phi) is 1.58. The molecule has 0 amide bonds. The standard InChI is InChI=1S/C16H16N2O/c1-18-8-13(19)11-6-16(11)10-3-2-4-12-15(10)9(7-17-12)5-14(16)18/h2-4,7,11,14,17H,5-6,8H2,1H3/t11-,14+,16+/m0/s1. The van der Waals surface area contributed by atoms with Crippen molar-refractivity contribution in [3.8, 4) is 0 Å². The van der Waals surface area contributed by atoms with Crippen LogP contribution in [0.4, 0.5) is 0 Å². The van der Waals surface area contributed by atoms with Gasteiger partial charge in [-0.15, -0.1) is 0 Å². The molecule has 19 heavy (non-hydrogen) atoms. The van der Waals surface area contributed by atoms with Gasteiger partial charge in [0.2, 0.25) is 0 Å². The largest absolute Gasteiger partial charge is 0.361 e. The highest BCUT2D eigenvalue weighted by Gasteiger charge is 2.67.